The summed E-state index contributed by atoms with van der Waals surface area (Å²) in [5, 5.41) is 7.43. The second kappa shape index (κ2) is 3.45. The standard InChI is InChI=1S/C7H10BrN3O2/c1-7(2,3)13-6(12)11-9-4-5(8)10-11/h4H,1-3H3. The third kappa shape index (κ3) is 3.14. The molecular formula is C7H10BrN3O2. The van der Waals surface area contributed by atoms with Crippen LogP contribution in [0.5, 0.6) is 0 Å². The van der Waals surface area contributed by atoms with Gasteiger partial charge in [0.1, 0.15) is 10.2 Å². The fraction of sp³-hybridized carbons (Fsp3) is 0.571. The summed E-state index contributed by atoms with van der Waals surface area (Å²) in [4.78, 5) is 12.2. The van der Waals surface area contributed by atoms with Gasteiger partial charge in [-0.05, 0) is 36.7 Å². The van der Waals surface area contributed by atoms with Crippen LogP contribution >= 0.6 is 15.9 Å². The van der Waals surface area contributed by atoms with E-state index in [1.165, 1.54) is 6.20 Å². The van der Waals surface area contributed by atoms with Crippen LogP contribution in [0.15, 0.2) is 10.8 Å². The smallest absolute Gasteiger partial charge is 0.441 e. The lowest BCUT2D eigenvalue weighted by atomic mass is 10.2. The van der Waals surface area contributed by atoms with Gasteiger partial charge < -0.3 is 4.74 Å². The number of nitrogens with zero attached hydrogens (tertiary/aromatic N) is 3. The minimum Gasteiger partial charge on any atom is -0.441 e. The molecule has 0 spiro atoms. The predicted octanol–water partition coefficient (Wildman–Crippen LogP) is 1.82. The van der Waals surface area contributed by atoms with Crippen LogP contribution < -0.4 is 0 Å². The van der Waals surface area contributed by atoms with Crippen molar-refractivity contribution < 1.29 is 9.53 Å². The number of halogens is 1. The van der Waals surface area contributed by atoms with Crippen molar-refractivity contribution in [1.82, 2.24) is 15.0 Å². The van der Waals surface area contributed by atoms with Crippen molar-refractivity contribution in [3.8, 4) is 0 Å². The molecule has 0 atom stereocenters. The summed E-state index contributed by atoms with van der Waals surface area (Å²) in [6.45, 7) is 5.34. The summed E-state index contributed by atoms with van der Waals surface area (Å²) in [5.74, 6) is 0. The zero-order valence-electron chi connectivity index (χ0n) is 7.61. The summed E-state index contributed by atoms with van der Waals surface area (Å²) < 4.78 is 5.51. The molecule has 0 aliphatic carbocycles. The van der Waals surface area contributed by atoms with Gasteiger partial charge in [-0.15, -0.1) is 10.2 Å². The number of aromatic nitrogens is 3. The third-order valence-corrected chi connectivity index (χ3v) is 1.38. The molecule has 1 rings (SSSR count). The monoisotopic (exact) mass is 247 g/mol. The van der Waals surface area contributed by atoms with Crippen LogP contribution in [0.3, 0.4) is 0 Å². The molecule has 0 fully saturated rings. The molecule has 0 radical (unpaired) electrons. The Morgan fingerprint density at radius 1 is 1.62 bits per heavy atom. The Morgan fingerprint density at radius 2 is 2.23 bits per heavy atom. The second-order valence-corrected chi connectivity index (χ2v) is 4.25. The summed E-state index contributed by atoms with van der Waals surface area (Å²) in [5.41, 5.74) is -0.531. The van der Waals surface area contributed by atoms with Crippen LogP contribution in [-0.2, 0) is 4.74 Å². The summed E-state index contributed by atoms with van der Waals surface area (Å²) in [6.07, 6.45) is 0.836. The first-order valence-electron chi connectivity index (χ1n) is 3.70. The van der Waals surface area contributed by atoms with Crippen molar-refractivity contribution in [1.29, 1.82) is 0 Å². The number of rotatable bonds is 0. The highest BCUT2D eigenvalue weighted by molar-refractivity contribution is 9.10. The number of hydrogen-bond donors (Lipinski definition) is 0. The third-order valence-electron chi connectivity index (χ3n) is 1.02. The van der Waals surface area contributed by atoms with E-state index in [2.05, 4.69) is 26.1 Å². The molecule has 5 nitrogen and oxygen atoms in total. The molecule has 1 aromatic heterocycles. The van der Waals surface area contributed by atoms with Crippen molar-refractivity contribution in [2.75, 3.05) is 0 Å². The van der Waals surface area contributed by atoms with E-state index in [1.807, 2.05) is 0 Å². The number of ether oxygens (including phenoxy) is 1. The molecule has 72 valence electrons. The first-order chi connectivity index (χ1) is 5.88. The molecule has 1 aromatic rings. The number of hydrogen-bond acceptors (Lipinski definition) is 4. The first kappa shape index (κ1) is 10.2. The van der Waals surface area contributed by atoms with Gasteiger partial charge in [0.15, 0.2) is 0 Å². The molecular weight excluding hydrogens is 238 g/mol. The van der Waals surface area contributed by atoms with Gasteiger partial charge in [0.05, 0.1) is 6.20 Å². The van der Waals surface area contributed by atoms with Crippen LogP contribution in [0.2, 0.25) is 0 Å². The molecule has 0 bridgehead atoms. The minimum atomic E-state index is -0.585. The molecule has 0 aliphatic rings. The van der Waals surface area contributed by atoms with E-state index in [0.717, 1.165) is 4.80 Å². The predicted molar refractivity (Wildman–Crippen MR) is 49.4 cm³/mol. The zero-order valence-corrected chi connectivity index (χ0v) is 9.20. The Balaban J connectivity index is 2.70. The van der Waals surface area contributed by atoms with Gasteiger partial charge in [0.2, 0.25) is 0 Å². The van der Waals surface area contributed by atoms with Crippen molar-refractivity contribution in [2.24, 2.45) is 0 Å². The molecule has 0 aromatic carbocycles. The van der Waals surface area contributed by atoms with Gasteiger partial charge >= 0.3 is 6.09 Å². The highest BCUT2D eigenvalue weighted by Crippen LogP contribution is 2.08. The maximum absolute atomic E-state index is 11.3. The second-order valence-electron chi connectivity index (χ2n) is 3.44. The lowest BCUT2D eigenvalue weighted by molar-refractivity contribution is 0.0488. The van der Waals surface area contributed by atoms with Gasteiger partial charge in [-0.25, -0.2) is 4.79 Å². The van der Waals surface area contributed by atoms with E-state index in [9.17, 15) is 4.79 Å². The fourth-order valence-corrected chi connectivity index (χ4v) is 0.877. The summed E-state index contributed by atoms with van der Waals surface area (Å²) >= 11 is 3.08. The molecule has 0 aliphatic heterocycles. The Labute approximate surface area is 84.2 Å². The topological polar surface area (TPSA) is 57.0 Å². The SMILES string of the molecule is CC(C)(C)OC(=O)n1ncc(Br)n1. The Kier molecular flexibility index (Phi) is 2.70. The van der Waals surface area contributed by atoms with Crippen molar-refractivity contribution >= 4 is 22.0 Å². The largest absolute Gasteiger partial charge is 0.452 e. The van der Waals surface area contributed by atoms with Gasteiger partial charge in [-0.2, -0.15) is 0 Å². The Bertz CT molecular complexity index is 316. The zero-order chi connectivity index (χ0) is 10.1. The van der Waals surface area contributed by atoms with E-state index in [0.29, 0.717) is 4.60 Å². The average Bonchev–Trinajstić information content (AvgIpc) is 2.31. The molecule has 1 heterocycles. The van der Waals surface area contributed by atoms with Crippen LogP contribution in [-0.4, -0.2) is 26.7 Å². The van der Waals surface area contributed by atoms with Crippen molar-refractivity contribution in [3.63, 3.8) is 0 Å². The van der Waals surface area contributed by atoms with Crippen molar-refractivity contribution in [3.05, 3.63) is 10.8 Å². The minimum absolute atomic E-state index is 0.498. The van der Waals surface area contributed by atoms with Gasteiger partial charge in [0.25, 0.3) is 0 Å². The van der Waals surface area contributed by atoms with Crippen LogP contribution in [0, 0.1) is 0 Å². The van der Waals surface area contributed by atoms with E-state index in [4.69, 9.17) is 4.74 Å². The van der Waals surface area contributed by atoms with Gasteiger partial charge in [0, 0.05) is 0 Å². The van der Waals surface area contributed by atoms with E-state index in [-0.39, 0.29) is 0 Å². The van der Waals surface area contributed by atoms with E-state index < -0.39 is 11.7 Å². The molecule has 0 saturated heterocycles. The number of carbonyl (C=O) groups excluding carboxylic acids is 1. The Hall–Kier alpha value is -0.910. The van der Waals surface area contributed by atoms with Crippen LogP contribution in [0.4, 0.5) is 4.79 Å². The van der Waals surface area contributed by atoms with Gasteiger partial charge in [-0.1, -0.05) is 4.80 Å². The molecule has 0 amide bonds. The highest BCUT2D eigenvalue weighted by atomic mass is 79.9. The summed E-state index contributed by atoms with van der Waals surface area (Å²) in [6, 6.07) is 0. The van der Waals surface area contributed by atoms with Crippen LogP contribution in [0.25, 0.3) is 0 Å². The Morgan fingerprint density at radius 3 is 2.62 bits per heavy atom. The number of carbonyl (C=O) groups is 1. The maximum atomic E-state index is 11.3. The molecule has 0 N–H and O–H groups in total. The quantitative estimate of drug-likeness (QED) is 0.702. The van der Waals surface area contributed by atoms with Crippen LogP contribution in [0.1, 0.15) is 20.8 Å². The van der Waals surface area contributed by atoms with E-state index >= 15 is 0 Å². The van der Waals surface area contributed by atoms with Crippen molar-refractivity contribution in [2.45, 2.75) is 26.4 Å². The summed E-state index contributed by atoms with van der Waals surface area (Å²) in [7, 11) is 0. The first-order valence-corrected chi connectivity index (χ1v) is 4.49. The average molecular weight is 248 g/mol. The molecule has 0 unspecified atom stereocenters. The maximum Gasteiger partial charge on any atom is 0.452 e. The highest BCUT2D eigenvalue weighted by Gasteiger charge is 2.18. The van der Waals surface area contributed by atoms with Gasteiger partial charge in [-0.3, -0.25) is 0 Å². The molecule has 13 heavy (non-hydrogen) atoms. The normalized spacial score (nSPS) is 11.4. The lowest BCUT2D eigenvalue weighted by Crippen LogP contribution is -2.28. The molecule has 0 saturated carbocycles. The van der Waals surface area contributed by atoms with E-state index in [1.54, 1.807) is 20.8 Å². The fourth-order valence-electron chi connectivity index (χ4n) is 0.635. The lowest BCUT2D eigenvalue weighted by Gasteiger charge is -2.18. The molecule has 6 heteroatoms.